The Balaban J connectivity index is 1.97. The standard InChI is InChI=1S/C16H18ClNO/c1-11-8-14-15(6-3-7-16(14)19)18(11)10-12-4-2-5-13(17)9-12/h2,4-5,8-9,16,19H,3,6-7,10H2,1H3. The molecule has 1 atom stereocenters. The third-order valence-electron chi connectivity index (χ3n) is 3.93. The van der Waals surface area contributed by atoms with Crippen LogP contribution in [-0.4, -0.2) is 9.67 Å². The van der Waals surface area contributed by atoms with Crippen LogP contribution in [0, 0.1) is 6.92 Å². The van der Waals surface area contributed by atoms with Gasteiger partial charge in [0.2, 0.25) is 0 Å². The highest BCUT2D eigenvalue weighted by Gasteiger charge is 2.22. The number of fused-ring (bicyclic) bond motifs is 1. The average Bonchev–Trinajstić information content (AvgIpc) is 2.69. The second kappa shape index (κ2) is 5.03. The summed E-state index contributed by atoms with van der Waals surface area (Å²) in [6, 6.07) is 10.1. The van der Waals surface area contributed by atoms with Crippen molar-refractivity contribution in [2.45, 2.75) is 38.8 Å². The lowest BCUT2D eigenvalue weighted by Crippen LogP contribution is -2.13. The molecule has 2 nitrogen and oxygen atoms in total. The zero-order valence-electron chi connectivity index (χ0n) is 11.1. The Kier molecular flexibility index (Phi) is 3.38. The third-order valence-corrected chi connectivity index (χ3v) is 4.16. The second-order valence-corrected chi connectivity index (χ2v) is 5.75. The summed E-state index contributed by atoms with van der Waals surface area (Å²) in [6.07, 6.45) is 2.71. The lowest BCUT2D eigenvalue weighted by molar-refractivity contribution is 0.156. The number of aryl methyl sites for hydroxylation is 1. The number of hydrogen-bond acceptors (Lipinski definition) is 1. The van der Waals surface area contributed by atoms with E-state index in [1.807, 2.05) is 18.2 Å². The molecule has 1 aliphatic carbocycles. The van der Waals surface area contributed by atoms with Crippen LogP contribution in [0.5, 0.6) is 0 Å². The van der Waals surface area contributed by atoms with Gasteiger partial charge in [0.05, 0.1) is 6.10 Å². The monoisotopic (exact) mass is 275 g/mol. The molecular weight excluding hydrogens is 258 g/mol. The smallest absolute Gasteiger partial charge is 0.0807 e. The average molecular weight is 276 g/mol. The molecule has 0 bridgehead atoms. The molecule has 1 N–H and O–H groups in total. The predicted molar refractivity (Wildman–Crippen MR) is 77.6 cm³/mol. The normalized spacial score (nSPS) is 18.4. The van der Waals surface area contributed by atoms with Gasteiger partial charge >= 0.3 is 0 Å². The maximum atomic E-state index is 10.1. The lowest BCUT2D eigenvalue weighted by Gasteiger charge is -2.20. The van der Waals surface area contributed by atoms with Gasteiger partial charge < -0.3 is 9.67 Å². The fourth-order valence-electron chi connectivity index (χ4n) is 2.98. The van der Waals surface area contributed by atoms with Crippen LogP contribution in [0.15, 0.2) is 30.3 Å². The number of aliphatic hydroxyl groups is 1. The van der Waals surface area contributed by atoms with Crippen LogP contribution in [0.1, 0.15) is 41.5 Å². The van der Waals surface area contributed by atoms with Gasteiger partial charge in [-0.3, -0.25) is 0 Å². The molecule has 1 heterocycles. The van der Waals surface area contributed by atoms with E-state index in [-0.39, 0.29) is 6.10 Å². The maximum absolute atomic E-state index is 10.1. The molecule has 3 rings (SSSR count). The van der Waals surface area contributed by atoms with Crippen LogP contribution in [-0.2, 0) is 13.0 Å². The first-order valence-corrected chi connectivity index (χ1v) is 7.14. The van der Waals surface area contributed by atoms with Crippen LogP contribution >= 0.6 is 11.6 Å². The molecule has 0 radical (unpaired) electrons. The fourth-order valence-corrected chi connectivity index (χ4v) is 3.19. The molecule has 19 heavy (non-hydrogen) atoms. The van der Waals surface area contributed by atoms with Gasteiger partial charge in [0.25, 0.3) is 0 Å². The highest BCUT2D eigenvalue weighted by Crippen LogP contribution is 2.32. The van der Waals surface area contributed by atoms with Crippen LogP contribution < -0.4 is 0 Å². The van der Waals surface area contributed by atoms with Gasteiger partial charge in [-0.05, 0) is 49.9 Å². The largest absolute Gasteiger partial charge is 0.388 e. The minimum Gasteiger partial charge on any atom is -0.388 e. The van der Waals surface area contributed by atoms with E-state index in [0.717, 1.165) is 36.4 Å². The van der Waals surface area contributed by atoms with Crippen LogP contribution in [0.4, 0.5) is 0 Å². The van der Waals surface area contributed by atoms with Crippen molar-refractivity contribution in [3.8, 4) is 0 Å². The van der Waals surface area contributed by atoms with Crippen molar-refractivity contribution in [3.63, 3.8) is 0 Å². The molecule has 2 aromatic rings. The minimum absolute atomic E-state index is 0.289. The van der Waals surface area contributed by atoms with E-state index in [9.17, 15) is 5.11 Å². The number of aliphatic hydroxyl groups excluding tert-OH is 1. The Bertz CT molecular complexity index is 603. The van der Waals surface area contributed by atoms with E-state index in [0.29, 0.717) is 0 Å². The molecular formula is C16H18ClNO. The minimum atomic E-state index is -0.289. The molecule has 1 aliphatic rings. The fraction of sp³-hybridized carbons (Fsp3) is 0.375. The Morgan fingerprint density at radius 3 is 3.00 bits per heavy atom. The molecule has 0 amide bonds. The van der Waals surface area contributed by atoms with Crippen molar-refractivity contribution in [2.75, 3.05) is 0 Å². The van der Waals surface area contributed by atoms with E-state index in [1.165, 1.54) is 17.0 Å². The van der Waals surface area contributed by atoms with Gasteiger partial charge in [-0.25, -0.2) is 0 Å². The first-order chi connectivity index (χ1) is 9.15. The summed E-state index contributed by atoms with van der Waals surface area (Å²) in [5.41, 5.74) is 4.82. The molecule has 1 unspecified atom stereocenters. The zero-order chi connectivity index (χ0) is 13.4. The highest BCUT2D eigenvalue weighted by molar-refractivity contribution is 6.30. The molecule has 0 saturated carbocycles. The number of rotatable bonds is 2. The predicted octanol–water partition coefficient (Wildman–Crippen LogP) is 3.87. The second-order valence-electron chi connectivity index (χ2n) is 5.31. The molecule has 3 heteroatoms. The highest BCUT2D eigenvalue weighted by atomic mass is 35.5. The van der Waals surface area contributed by atoms with Crippen LogP contribution in [0.2, 0.25) is 5.02 Å². The Labute approximate surface area is 118 Å². The quantitative estimate of drug-likeness (QED) is 0.884. The van der Waals surface area contributed by atoms with Crippen molar-refractivity contribution >= 4 is 11.6 Å². The lowest BCUT2D eigenvalue weighted by atomic mass is 9.95. The summed E-state index contributed by atoms with van der Waals surface area (Å²) < 4.78 is 2.31. The van der Waals surface area contributed by atoms with Gasteiger partial charge in [0, 0.05) is 28.5 Å². The van der Waals surface area contributed by atoms with Gasteiger partial charge in [0.1, 0.15) is 0 Å². The van der Waals surface area contributed by atoms with E-state index < -0.39 is 0 Å². The van der Waals surface area contributed by atoms with Crippen molar-refractivity contribution in [3.05, 3.63) is 57.9 Å². The topological polar surface area (TPSA) is 25.2 Å². The van der Waals surface area contributed by atoms with E-state index in [4.69, 9.17) is 11.6 Å². The van der Waals surface area contributed by atoms with Gasteiger partial charge in [0.15, 0.2) is 0 Å². The number of halogens is 1. The number of aromatic nitrogens is 1. The van der Waals surface area contributed by atoms with Crippen LogP contribution in [0.25, 0.3) is 0 Å². The molecule has 1 aromatic carbocycles. The number of hydrogen-bond donors (Lipinski definition) is 1. The molecule has 0 spiro atoms. The summed E-state index contributed by atoms with van der Waals surface area (Å²) in [5.74, 6) is 0. The molecule has 0 aliphatic heterocycles. The van der Waals surface area contributed by atoms with E-state index in [1.54, 1.807) is 0 Å². The number of nitrogens with zero attached hydrogens (tertiary/aromatic N) is 1. The summed E-state index contributed by atoms with van der Waals surface area (Å²) in [4.78, 5) is 0. The van der Waals surface area contributed by atoms with E-state index in [2.05, 4.69) is 23.6 Å². The third kappa shape index (κ3) is 2.43. The molecule has 1 aromatic heterocycles. The van der Waals surface area contributed by atoms with E-state index >= 15 is 0 Å². The number of benzene rings is 1. The SMILES string of the molecule is Cc1cc2c(n1Cc1cccc(Cl)c1)CCCC2O. The zero-order valence-corrected chi connectivity index (χ0v) is 11.8. The first-order valence-electron chi connectivity index (χ1n) is 6.76. The molecule has 0 saturated heterocycles. The molecule has 100 valence electrons. The Morgan fingerprint density at radius 1 is 1.37 bits per heavy atom. The van der Waals surface area contributed by atoms with Crippen molar-refractivity contribution in [1.29, 1.82) is 0 Å². The Hall–Kier alpha value is -1.25. The van der Waals surface area contributed by atoms with Gasteiger partial charge in [-0.1, -0.05) is 23.7 Å². The summed E-state index contributed by atoms with van der Waals surface area (Å²) in [6.45, 7) is 2.93. The molecule has 0 fully saturated rings. The van der Waals surface area contributed by atoms with Crippen molar-refractivity contribution in [1.82, 2.24) is 4.57 Å². The Morgan fingerprint density at radius 2 is 2.21 bits per heavy atom. The maximum Gasteiger partial charge on any atom is 0.0807 e. The van der Waals surface area contributed by atoms with Crippen molar-refractivity contribution < 1.29 is 5.11 Å². The first kappa shape index (κ1) is 12.8. The summed E-state index contributed by atoms with van der Waals surface area (Å²) in [7, 11) is 0. The summed E-state index contributed by atoms with van der Waals surface area (Å²) in [5, 5.41) is 10.8. The van der Waals surface area contributed by atoms with Gasteiger partial charge in [-0.2, -0.15) is 0 Å². The van der Waals surface area contributed by atoms with Crippen LogP contribution in [0.3, 0.4) is 0 Å². The summed E-state index contributed by atoms with van der Waals surface area (Å²) >= 11 is 6.04. The van der Waals surface area contributed by atoms with Crippen molar-refractivity contribution in [2.24, 2.45) is 0 Å². The van der Waals surface area contributed by atoms with Gasteiger partial charge in [-0.15, -0.1) is 0 Å².